The number of rotatable bonds is 6. The molecule has 4 aromatic rings. The summed E-state index contributed by atoms with van der Waals surface area (Å²) in [4.78, 5) is 0. The molecule has 2 atom stereocenters. The molecular formula is C35H32Cl2Zr. The quantitative estimate of drug-likeness (QED) is 0.203. The van der Waals surface area contributed by atoms with Gasteiger partial charge in [0.1, 0.15) is 0 Å². The molecule has 0 bridgehead atoms. The molecule has 0 spiro atoms. The first kappa shape index (κ1) is 25.9. The Hall–Kier alpha value is -2.31. The number of halogens is 2. The third-order valence-electron chi connectivity index (χ3n) is 8.47. The second kappa shape index (κ2) is 9.71. The fourth-order valence-corrected chi connectivity index (χ4v) is 23.2. The van der Waals surface area contributed by atoms with Gasteiger partial charge in [0.25, 0.3) is 0 Å². The van der Waals surface area contributed by atoms with E-state index in [0.29, 0.717) is 0 Å². The van der Waals surface area contributed by atoms with Gasteiger partial charge in [-0.25, -0.2) is 0 Å². The molecule has 190 valence electrons. The SMILES string of the molecule is [CH2]=[Zr]([Cl])([Cl])([CH]1C(CC)=Cc2c(-c3ccccc3)cccc21)[CH]1C(CC)=Cc2c(-c3ccccc3)cccc21. The van der Waals surface area contributed by atoms with E-state index in [1.807, 2.05) is 0 Å². The van der Waals surface area contributed by atoms with Crippen LogP contribution >= 0.6 is 17.0 Å². The predicted molar refractivity (Wildman–Crippen MR) is 165 cm³/mol. The van der Waals surface area contributed by atoms with Crippen LogP contribution in [0.3, 0.4) is 0 Å². The maximum atomic E-state index is 7.99. The zero-order chi connectivity index (χ0) is 26.5. The van der Waals surface area contributed by atoms with Gasteiger partial charge in [0, 0.05) is 0 Å². The van der Waals surface area contributed by atoms with Crippen molar-refractivity contribution in [3.05, 3.63) is 130 Å². The number of allylic oxidation sites excluding steroid dienone is 2. The topological polar surface area (TPSA) is 0 Å². The summed E-state index contributed by atoms with van der Waals surface area (Å²) in [6.07, 6.45) is 6.52. The van der Waals surface area contributed by atoms with E-state index in [4.69, 9.17) is 21.2 Å². The van der Waals surface area contributed by atoms with Gasteiger partial charge in [-0.2, -0.15) is 0 Å². The van der Waals surface area contributed by atoms with E-state index in [1.165, 1.54) is 55.7 Å². The molecule has 2 aliphatic rings. The van der Waals surface area contributed by atoms with Crippen LogP contribution in [0.1, 0.15) is 56.2 Å². The van der Waals surface area contributed by atoms with Gasteiger partial charge in [-0.05, 0) is 0 Å². The maximum absolute atomic E-state index is 7.99. The Balaban J connectivity index is 1.54. The van der Waals surface area contributed by atoms with Crippen LogP contribution in [0, 0.1) is 0 Å². The number of fused-ring (bicyclic) bond motifs is 2. The summed E-state index contributed by atoms with van der Waals surface area (Å²) in [5.74, 6) is 0. The molecule has 0 aliphatic heterocycles. The standard InChI is InChI=1S/2C17H15.CH2.2ClH.Zr/c2*1-2-13-11-15-9-6-10-16(17(15)12-13)14-7-4-3-5-8-14;;;;/h2*3-12H,2H2,1H3;1H2;2*1H;/q;;;;;+2/p-2. The average molecular weight is 615 g/mol. The minimum atomic E-state index is -4.89. The minimum absolute atomic E-state index is 0.0327. The molecule has 0 heterocycles. The number of hydrogen-bond donors (Lipinski definition) is 0. The fraction of sp³-hybridized carbons (Fsp3) is 0.171. The van der Waals surface area contributed by atoms with Crippen LogP contribution in [0.4, 0.5) is 0 Å². The molecular weight excluding hydrogens is 583 g/mol. The van der Waals surface area contributed by atoms with Gasteiger partial charge >= 0.3 is 236 Å². The van der Waals surface area contributed by atoms with Gasteiger partial charge in [-0.15, -0.1) is 0 Å². The fourth-order valence-electron chi connectivity index (χ4n) is 6.84. The van der Waals surface area contributed by atoms with Gasteiger partial charge in [0.2, 0.25) is 0 Å². The summed E-state index contributed by atoms with van der Waals surface area (Å²) in [7, 11) is 16.0. The molecule has 4 aromatic carbocycles. The molecule has 0 N–H and O–H groups in total. The molecule has 0 nitrogen and oxygen atoms in total. The summed E-state index contributed by atoms with van der Waals surface area (Å²) in [5.41, 5.74) is 12.5. The van der Waals surface area contributed by atoms with E-state index in [0.717, 1.165) is 12.8 Å². The van der Waals surface area contributed by atoms with Crippen molar-refractivity contribution < 1.29 is 15.9 Å². The Morgan fingerprint density at radius 2 is 0.974 bits per heavy atom. The van der Waals surface area contributed by atoms with Gasteiger partial charge in [-0.1, -0.05) is 0 Å². The summed E-state index contributed by atoms with van der Waals surface area (Å²) in [5, 5.41) is 0. The summed E-state index contributed by atoms with van der Waals surface area (Å²) < 4.78 is 4.86. The molecule has 0 aromatic heterocycles. The van der Waals surface area contributed by atoms with Crippen molar-refractivity contribution in [1.29, 1.82) is 0 Å². The van der Waals surface area contributed by atoms with Crippen LogP contribution in [-0.2, 0) is 15.9 Å². The van der Waals surface area contributed by atoms with Crippen LogP contribution in [0.25, 0.3) is 34.4 Å². The molecule has 0 saturated carbocycles. The Kier molecular flexibility index (Phi) is 6.63. The Morgan fingerprint density at radius 3 is 1.34 bits per heavy atom. The average Bonchev–Trinajstić information content (AvgIpc) is 3.53. The molecule has 0 saturated heterocycles. The zero-order valence-corrected chi connectivity index (χ0v) is 25.9. The van der Waals surface area contributed by atoms with Crippen molar-refractivity contribution in [3.63, 3.8) is 0 Å². The van der Waals surface area contributed by atoms with E-state index < -0.39 is 15.9 Å². The number of benzene rings is 4. The Morgan fingerprint density at radius 1 is 0.579 bits per heavy atom. The van der Waals surface area contributed by atoms with Crippen LogP contribution < -0.4 is 0 Å². The predicted octanol–water partition coefficient (Wildman–Crippen LogP) is 10.8. The van der Waals surface area contributed by atoms with Crippen molar-refractivity contribution in [3.8, 4) is 22.3 Å². The van der Waals surface area contributed by atoms with Crippen molar-refractivity contribution in [2.75, 3.05) is 0 Å². The zero-order valence-electron chi connectivity index (χ0n) is 21.9. The molecule has 0 radical (unpaired) electrons. The normalized spacial score (nSPS) is 18.6. The molecule has 6 rings (SSSR count). The van der Waals surface area contributed by atoms with Crippen LogP contribution in [0.2, 0.25) is 0 Å². The van der Waals surface area contributed by atoms with E-state index in [2.05, 4.69) is 123 Å². The van der Waals surface area contributed by atoms with E-state index in [-0.39, 0.29) is 7.25 Å². The first-order valence-corrected chi connectivity index (χ1v) is 24.5. The Bertz CT molecular complexity index is 1540. The van der Waals surface area contributed by atoms with Crippen molar-refractivity contribution in [2.24, 2.45) is 0 Å². The third kappa shape index (κ3) is 4.10. The molecule has 2 aliphatic carbocycles. The molecule has 0 fully saturated rings. The molecule has 38 heavy (non-hydrogen) atoms. The second-order valence-electron chi connectivity index (χ2n) is 10.7. The Labute approximate surface area is 234 Å². The van der Waals surface area contributed by atoms with Crippen LogP contribution in [0.15, 0.2) is 108 Å². The van der Waals surface area contributed by atoms with Gasteiger partial charge in [-0.3, -0.25) is 0 Å². The van der Waals surface area contributed by atoms with Gasteiger partial charge in [0.05, 0.1) is 0 Å². The third-order valence-corrected chi connectivity index (χ3v) is 22.8. The first-order chi connectivity index (χ1) is 18.3. The summed E-state index contributed by atoms with van der Waals surface area (Å²) in [6, 6.07) is 34.4. The summed E-state index contributed by atoms with van der Waals surface area (Å²) >= 11 is -4.89. The van der Waals surface area contributed by atoms with E-state index >= 15 is 0 Å². The van der Waals surface area contributed by atoms with E-state index in [9.17, 15) is 0 Å². The monoisotopic (exact) mass is 612 g/mol. The molecule has 0 amide bonds. The number of hydrogen-bond acceptors (Lipinski definition) is 0. The van der Waals surface area contributed by atoms with Gasteiger partial charge < -0.3 is 0 Å². The van der Waals surface area contributed by atoms with Crippen molar-refractivity contribution >= 4 is 33.4 Å². The van der Waals surface area contributed by atoms with Crippen molar-refractivity contribution in [2.45, 2.75) is 33.9 Å². The summed E-state index contributed by atoms with van der Waals surface area (Å²) in [6.45, 7) is 4.44. The molecule has 3 heteroatoms. The van der Waals surface area contributed by atoms with Crippen LogP contribution in [0.5, 0.6) is 0 Å². The molecule has 2 unspecified atom stereocenters. The second-order valence-corrected chi connectivity index (χ2v) is 31.9. The van der Waals surface area contributed by atoms with E-state index in [1.54, 1.807) is 0 Å². The van der Waals surface area contributed by atoms with Crippen molar-refractivity contribution in [1.82, 2.24) is 0 Å². The van der Waals surface area contributed by atoms with Crippen LogP contribution in [-0.4, -0.2) is 4.21 Å². The van der Waals surface area contributed by atoms with Gasteiger partial charge in [0.15, 0.2) is 0 Å². The first-order valence-electron chi connectivity index (χ1n) is 13.5.